The first-order valence-corrected chi connectivity index (χ1v) is 9.38. The summed E-state index contributed by atoms with van der Waals surface area (Å²) in [4.78, 5) is 17.6. The lowest BCUT2D eigenvalue weighted by Gasteiger charge is -2.14. The minimum Gasteiger partial charge on any atom is -0.349 e. The van der Waals surface area contributed by atoms with E-state index in [1.54, 1.807) is 28.6 Å². The summed E-state index contributed by atoms with van der Waals surface area (Å²) in [5, 5.41) is 16.2. The Hall–Kier alpha value is -3.49. The van der Waals surface area contributed by atoms with Crippen LogP contribution in [-0.2, 0) is 20.5 Å². The van der Waals surface area contributed by atoms with E-state index in [-0.39, 0.29) is 11.9 Å². The van der Waals surface area contributed by atoms with Gasteiger partial charge in [-0.3, -0.25) is 14.2 Å². The van der Waals surface area contributed by atoms with Crippen LogP contribution in [0.1, 0.15) is 34.2 Å². The number of nitrogens with one attached hydrogen (secondary N) is 1. The molecule has 0 spiro atoms. The number of carbonyl (C=O) groups excluding carboxylic acids is 1. The molecular formula is C20H23N7O2. The van der Waals surface area contributed by atoms with Gasteiger partial charge in [-0.25, -0.2) is 4.98 Å². The first kappa shape index (κ1) is 18.9. The number of fused-ring (bicyclic) bond motifs is 1. The maximum absolute atomic E-state index is 13.1. The molecule has 4 aromatic heterocycles. The van der Waals surface area contributed by atoms with Crippen LogP contribution in [0, 0.1) is 13.8 Å². The van der Waals surface area contributed by atoms with E-state index in [9.17, 15) is 4.79 Å². The van der Waals surface area contributed by atoms with Gasteiger partial charge in [0.25, 0.3) is 11.6 Å². The van der Waals surface area contributed by atoms with E-state index in [1.807, 2.05) is 40.3 Å². The predicted octanol–water partition coefficient (Wildman–Crippen LogP) is 2.33. The highest BCUT2D eigenvalue weighted by Crippen LogP contribution is 2.27. The van der Waals surface area contributed by atoms with Crippen LogP contribution in [0.25, 0.3) is 22.4 Å². The number of pyridine rings is 1. The molecule has 29 heavy (non-hydrogen) atoms. The van der Waals surface area contributed by atoms with E-state index in [4.69, 9.17) is 4.52 Å². The smallest absolute Gasteiger partial charge is 0.259 e. The Bertz CT molecular complexity index is 1200. The molecule has 4 rings (SSSR count). The second-order valence-electron chi connectivity index (χ2n) is 7.40. The Balaban J connectivity index is 1.65. The lowest BCUT2D eigenvalue weighted by molar-refractivity contribution is 0.0941. The van der Waals surface area contributed by atoms with Crippen molar-refractivity contribution in [2.24, 2.45) is 14.1 Å². The van der Waals surface area contributed by atoms with Gasteiger partial charge in [-0.05, 0) is 38.8 Å². The van der Waals surface area contributed by atoms with Gasteiger partial charge in [-0.1, -0.05) is 5.16 Å². The number of rotatable bonds is 5. The fourth-order valence-corrected chi connectivity index (χ4v) is 3.51. The SMILES string of the molecule is Cc1nn(C)cc1C[C@H](C)NC(=O)c1cc(-c2cnn(C)c2)nc2onc(C)c12. The molecule has 0 radical (unpaired) electrons. The summed E-state index contributed by atoms with van der Waals surface area (Å²) >= 11 is 0. The van der Waals surface area contributed by atoms with E-state index in [2.05, 4.69) is 25.7 Å². The molecule has 0 unspecified atom stereocenters. The topological polar surface area (TPSA) is 104 Å². The summed E-state index contributed by atoms with van der Waals surface area (Å²) in [6.07, 6.45) is 6.21. The summed E-state index contributed by atoms with van der Waals surface area (Å²) in [5.41, 5.74) is 4.95. The van der Waals surface area contributed by atoms with Crippen LogP contribution >= 0.6 is 0 Å². The Morgan fingerprint density at radius 1 is 1.21 bits per heavy atom. The molecule has 1 atom stereocenters. The van der Waals surface area contributed by atoms with Crippen molar-refractivity contribution in [1.82, 2.24) is 35.0 Å². The lowest BCUT2D eigenvalue weighted by Crippen LogP contribution is -2.34. The van der Waals surface area contributed by atoms with Gasteiger partial charge in [0.1, 0.15) is 0 Å². The number of aryl methyl sites for hydroxylation is 4. The van der Waals surface area contributed by atoms with Gasteiger partial charge in [0.2, 0.25) is 0 Å². The van der Waals surface area contributed by atoms with Crippen LogP contribution in [0.15, 0.2) is 29.2 Å². The maximum Gasteiger partial charge on any atom is 0.259 e. The van der Waals surface area contributed by atoms with Crippen molar-refractivity contribution in [3.05, 3.63) is 47.2 Å². The van der Waals surface area contributed by atoms with Gasteiger partial charge < -0.3 is 9.84 Å². The second-order valence-corrected chi connectivity index (χ2v) is 7.40. The molecule has 0 aromatic carbocycles. The van der Waals surface area contributed by atoms with Crippen LogP contribution in [0.4, 0.5) is 0 Å². The number of carbonyl (C=O) groups is 1. The van der Waals surface area contributed by atoms with Gasteiger partial charge in [-0.15, -0.1) is 0 Å². The van der Waals surface area contributed by atoms with E-state index >= 15 is 0 Å². The molecule has 0 saturated carbocycles. The zero-order chi connectivity index (χ0) is 20.7. The van der Waals surface area contributed by atoms with Gasteiger partial charge in [0.15, 0.2) is 0 Å². The first-order valence-electron chi connectivity index (χ1n) is 9.38. The van der Waals surface area contributed by atoms with Crippen molar-refractivity contribution < 1.29 is 9.32 Å². The van der Waals surface area contributed by atoms with E-state index < -0.39 is 0 Å². The molecule has 1 amide bonds. The molecule has 4 aromatic rings. The van der Waals surface area contributed by atoms with Crippen LogP contribution in [0.3, 0.4) is 0 Å². The minimum atomic E-state index is -0.192. The van der Waals surface area contributed by atoms with Crippen LogP contribution in [0.2, 0.25) is 0 Å². The standard InChI is InChI=1S/C20H23N7O2/c1-11(6-14-9-27(5)24-12(14)2)22-19(28)16-7-17(15-8-21-26(4)10-15)23-20-18(16)13(3)25-29-20/h7-11H,6H2,1-5H3,(H,22,28)/t11-/m0/s1. The average Bonchev–Trinajstić information content (AvgIpc) is 3.34. The fourth-order valence-electron chi connectivity index (χ4n) is 3.51. The number of nitrogens with zero attached hydrogens (tertiary/aromatic N) is 6. The van der Waals surface area contributed by atoms with E-state index in [1.165, 1.54) is 0 Å². The zero-order valence-electron chi connectivity index (χ0n) is 17.1. The van der Waals surface area contributed by atoms with Crippen molar-refractivity contribution in [1.29, 1.82) is 0 Å². The summed E-state index contributed by atoms with van der Waals surface area (Å²) in [6.45, 7) is 5.75. The Morgan fingerprint density at radius 3 is 2.66 bits per heavy atom. The Labute approximate surface area is 167 Å². The molecule has 4 heterocycles. The first-order chi connectivity index (χ1) is 13.8. The Kier molecular flexibility index (Phi) is 4.65. The van der Waals surface area contributed by atoms with Crippen molar-refractivity contribution in [3.8, 4) is 11.3 Å². The minimum absolute atomic E-state index is 0.0735. The number of hydrogen-bond acceptors (Lipinski definition) is 6. The third kappa shape index (κ3) is 3.63. The Morgan fingerprint density at radius 2 is 2.00 bits per heavy atom. The van der Waals surface area contributed by atoms with Gasteiger partial charge >= 0.3 is 0 Å². The van der Waals surface area contributed by atoms with Gasteiger partial charge in [-0.2, -0.15) is 10.2 Å². The largest absolute Gasteiger partial charge is 0.349 e. The molecule has 0 aliphatic heterocycles. The molecular weight excluding hydrogens is 370 g/mol. The highest BCUT2D eigenvalue weighted by Gasteiger charge is 2.21. The van der Waals surface area contributed by atoms with Crippen molar-refractivity contribution in [2.45, 2.75) is 33.2 Å². The average molecular weight is 393 g/mol. The summed E-state index contributed by atoms with van der Waals surface area (Å²) in [5.74, 6) is -0.192. The van der Waals surface area contributed by atoms with E-state index in [0.29, 0.717) is 34.5 Å². The van der Waals surface area contributed by atoms with Crippen molar-refractivity contribution >= 4 is 17.0 Å². The molecule has 9 nitrogen and oxygen atoms in total. The molecule has 0 saturated heterocycles. The molecule has 0 aliphatic rings. The molecule has 0 aliphatic carbocycles. The molecule has 150 valence electrons. The maximum atomic E-state index is 13.1. The van der Waals surface area contributed by atoms with Crippen molar-refractivity contribution in [3.63, 3.8) is 0 Å². The normalized spacial score (nSPS) is 12.4. The lowest BCUT2D eigenvalue weighted by atomic mass is 10.0. The summed E-state index contributed by atoms with van der Waals surface area (Å²) < 4.78 is 8.82. The van der Waals surface area contributed by atoms with Crippen LogP contribution < -0.4 is 5.32 Å². The third-order valence-corrected chi connectivity index (χ3v) is 4.88. The monoisotopic (exact) mass is 393 g/mol. The highest BCUT2D eigenvalue weighted by molar-refractivity contribution is 6.07. The van der Waals surface area contributed by atoms with E-state index in [0.717, 1.165) is 16.8 Å². The third-order valence-electron chi connectivity index (χ3n) is 4.88. The molecule has 9 heteroatoms. The quantitative estimate of drug-likeness (QED) is 0.558. The summed E-state index contributed by atoms with van der Waals surface area (Å²) in [7, 11) is 3.72. The number of aromatic nitrogens is 6. The zero-order valence-corrected chi connectivity index (χ0v) is 17.1. The fraction of sp³-hybridized carbons (Fsp3) is 0.350. The van der Waals surface area contributed by atoms with Crippen LogP contribution in [0.5, 0.6) is 0 Å². The van der Waals surface area contributed by atoms with Gasteiger partial charge in [0.05, 0.1) is 34.2 Å². The van der Waals surface area contributed by atoms with Crippen molar-refractivity contribution in [2.75, 3.05) is 0 Å². The second kappa shape index (κ2) is 7.16. The summed E-state index contributed by atoms with van der Waals surface area (Å²) in [6, 6.07) is 1.69. The number of hydrogen-bond donors (Lipinski definition) is 1. The molecule has 0 bridgehead atoms. The molecule has 1 N–H and O–H groups in total. The number of amides is 1. The van der Waals surface area contributed by atoms with Crippen LogP contribution in [-0.4, -0.2) is 41.7 Å². The highest BCUT2D eigenvalue weighted by atomic mass is 16.5. The predicted molar refractivity (Wildman–Crippen MR) is 107 cm³/mol. The van der Waals surface area contributed by atoms with Gasteiger partial charge in [0, 0.05) is 38.1 Å². The molecule has 0 fully saturated rings.